The lowest BCUT2D eigenvalue weighted by atomic mass is 9.93. The SMILES string of the molecule is CCNC(=NCCCc1nc(C)cs1)NC1CCC(O)CC1. The summed E-state index contributed by atoms with van der Waals surface area (Å²) in [6.45, 7) is 5.79. The van der Waals surface area contributed by atoms with Crippen LogP contribution in [0.5, 0.6) is 0 Å². The minimum Gasteiger partial charge on any atom is -0.393 e. The molecule has 3 N–H and O–H groups in total. The Balaban J connectivity index is 1.74. The molecule has 1 aromatic rings. The Bertz CT molecular complexity index is 466. The van der Waals surface area contributed by atoms with Crippen molar-refractivity contribution >= 4 is 17.3 Å². The van der Waals surface area contributed by atoms with Gasteiger partial charge in [-0.1, -0.05) is 0 Å². The van der Waals surface area contributed by atoms with Crippen LogP contribution in [0.1, 0.15) is 49.7 Å². The Labute approximate surface area is 137 Å². The number of aromatic nitrogens is 1. The fourth-order valence-electron chi connectivity index (χ4n) is 2.67. The normalized spacial score (nSPS) is 22.6. The van der Waals surface area contributed by atoms with Gasteiger partial charge in [0.25, 0.3) is 0 Å². The first-order valence-corrected chi connectivity index (χ1v) is 9.19. The number of nitrogens with zero attached hydrogens (tertiary/aromatic N) is 2. The van der Waals surface area contributed by atoms with Gasteiger partial charge < -0.3 is 15.7 Å². The molecule has 1 fully saturated rings. The maximum atomic E-state index is 9.57. The predicted molar refractivity (Wildman–Crippen MR) is 92.5 cm³/mol. The fourth-order valence-corrected chi connectivity index (χ4v) is 3.49. The van der Waals surface area contributed by atoms with Gasteiger partial charge in [0.2, 0.25) is 0 Å². The molecule has 22 heavy (non-hydrogen) atoms. The Kier molecular flexibility index (Phi) is 7.12. The van der Waals surface area contributed by atoms with Gasteiger partial charge in [-0.2, -0.15) is 0 Å². The van der Waals surface area contributed by atoms with Gasteiger partial charge in [-0.05, 0) is 46.0 Å². The molecule has 0 aliphatic heterocycles. The van der Waals surface area contributed by atoms with Gasteiger partial charge in [0.05, 0.1) is 11.1 Å². The summed E-state index contributed by atoms with van der Waals surface area (Å²) in [4.78, 5) is 9.14. The molecule has 1 aliphatic carbocycles. The highest BCUT2D eigenvalue weighted by Gasteiger charge is 2.19. The molecule has 0 radical (unpaired) electrons. The average Bonchev–Trinajstić information content (AvgIpc) is 2.91. The van der Waals surface area contributed by atoms with E-state index in [4.69, 9.17) is 0 Å². The summed E-state index contributed by atoms with van der Waals surface area (Å²) in [6.07, 6.45) is 5.72. The highest BCUT2D eigenvalue weighted by Crippen LogP contribution is 2.18. The maximum Gasteiger partial charge on any atom is 0.191 e. The van der Waals surface area contributed by atoms with E-state index in [1.807, 2.05) is 6.92 Å². The second kappa shape index (κ2) is 9.10. The van der Waals surface area contributed by atoms with Crippen LogP contribution in [0.15, 0.2) is 10.4 Å². The van der Waals surface area contributed by atoms with Crippen LogP contribution < -0.4 is 10.6 Å². The van der Waals surface area contributed by atoms with Crippen LogP contribution in [0, 0.1) is 6.92 Å². The lowest BCUT2D eigenvalue weighted by Crippen LogP contribution is -2.45. The van der Waals surface area contributed by atoms with E-state index in [9.17, 15) is 5.11 Å². The topological polar surface area (TPSA) is 69.5 Å². The zero-order chi connectivity index (χ0) is 15.8. The first-order chi connectivity index (χ1) is 10.7. The minimum absolute atomic E-state index is 0.112. The molecule has 0 aromatic carbocycles. The van der Waals surface area contributed by atoms with Crippen molar-refractivity contribution in [2.24, 2.45) is 4.99 Å². The van der Waals surface area contributed by atoms with Gasteiger partial charge in [-0.3, -0.25) is 4.99 Å². The minimum atomic E-state index is -0.112. The molecule has 1 aliphatic rings. The number of aryl methyl sites for hydroxylation is 2. The Morgan fingerprint density at radius 2 is 2.18 bits per heavy atom. The van der Waals surface area contributed by atoms with Crippen LogP contribution in [0.4, 0.5) is 0 Å². The van der Waals surface area contributed by atoms with Crippen LogP contribution in [-0.2, 0) is 6.42 Å². The van der Waals surface area contributed by atoms with Crippen LogP contribution in [-0.4, -0.2) is 41.3 Å². The van der Waals surface area contributed by atoms with E-state index in [1.54, 1.807) is 11.3 Å². The average molecular weight is 324 g/mol. The number of hydrogen-bond acceptors (Lipinski definition) is 4. The standard InChI is InChI=1S/C16H28N4OS/c1-3-17-16(20-13-6-8-14(21)9-7-13)18-10-4-5-15-19-12(2)11-22-15/h11,13-14,21H,3-10H2,1-2H3,(H2,17,18,20). The summed E-state index contributed by atoms with van der Waals surface area (Å²) < 4.78 is 0. The van der Waals surface area contributed by atoms with Crippen LogP contribution >= 0.6 is 11.3 Å². The maximum absolute atomic E-state index is 9.57. The van der Waals surface area contributed by atoms with Crippen molar-refractivity contribution in [1.29, 1.82) is 0 Å². The molecule has 0 unspecified atom stereocenters. The molecule has 0 atom stereocenters. The highest BCUT2D eigenvalue weighted by molar-refractivity contribution is 7.09. The number of hydrogen-bond donors (Lipinski definition) is 3. The van der Waals surface area contributed by atoms with Crippen molar-refractivity contribution in [3.8, 4) is 0 Å². The lowest BCUT2D eigenvalue weighted by Gasteiger charge is -2.27. The van der Waals surface area contributed by atoms with Crippen molar-refractivity contribution in [3.05, 3.63) is 16.1 Å². The first kappa shape index (κ1) is 17.2. The number of thiazole rings is 1. The summed E-state index contributed by atoms with van der Waals surface area (Å²) in [6, 6.07) is 0.433. The molecule has 1 heterocycles. The van der Waals surface area contributed by atoms with E-state index in [1.165, 1.54) is 5.01 Å². The number of nitrogens with one attached hydrogen (secondary N) is 2. The first-order valence-electron chi connectivity index (χ1n) is 8.31. The zero-order valence-electron chi connectivity index (χ0n) is 13.6. The molecule has 2 rings (SSSR count). The molecule has 0 spiro atoms. The predicted octanol–water partition coefficient (Wildman–Crippen LogP) is 2.24. The van der Waals surface area contributed by atoms with Crippen molar-refractivity contribution in [1.82, 2.24) is 15.6 Å². The molecule has 1 aromatic heterocycles. The summed E-state index contributed by atoms with van der Waals surface area (Å²) in [5.41, 5.74) is 1.11. The molecule has 0 saturated heterocycles. The summed E-state index contributed by atoms with van der Waals surface area (Å²) in [5.74, 6) is 0.902. The molecular weight excluding hydrogens is 296 g/mol. The van der Waals surface area contributed by atoms with Crippen molar-refractivity contribution in [2.75, 3.05) is 13.1 Å². The van der Waals surface area contributed by atoms with Gasteiger partial charge in [-0.25, -0.2) is 4.98 Å². The second-order valence-corrected chi connectivity index (χ2v) is 6.84. The van der Waals surface area contributed by atoms with Crippen LogP contribution in [0.3, 0.4) is 0 Å². The number of aliphatic hydroxyl groups is 1. The third-order valence-corrected chi connectivity index (χ3v) is 4.89. The van der Waals surface area contributed by atoms with Crippen LogP contribution in [0.25, 0.3) is 0 Å². The molecule has 124 valence electrons. The Morgan fingerprint density at radius 3 is 2.82 bits per heavy atom. The number of aliphatic imine (C=N–C) groups is 1. The van der Waals surface area contributed by atoms with E-state index in [0.29, 0.717) is 6.04 Å². The summed E-state index contributed by atoms with van der Waals surface area (Å²) >= 11 is 1.73. The van der Waals surface area contributed by atoms with E-state index in [0.717, 1.165) is 63.3 Å². The van der Waals surface area contributed by atoms with Crippen LogP contribution in [0.2, 0.25) is 0 Å². The zero-order valence-corrected chi connectivity index (χ0v) is 14.5. The molecule has 1 saturated carbocycles. The number of aliphatic hydroxyl groups excluding tert-OH is 1. The van der Waals surface area contributed by atoms with Crippen molar-refractivity contribution in [3.63, 3.8) is 0 Å². The Hall–Kier alpha value is -1.14. The van der Waals surface area contributed by atoms with E-state index in [2.05, 4.69) is 32.9 Å². The van der Waals surface area contributed by atoms with Gasteiger partial charge in [0.15, 0.2) is 5.96 Å². The second-order valence-electron chi connectivity index (χ2n) is 5.90. The van der Waals surface area contributed by atoms with Crippen molar-refractivity contribution < 1.29 is 5.11 Å². The number of guanidine groups is 1. The van der Waals surface area contributed by atoms with E-state index in [-0.39, 0.29) is 6.10 Å². The van der Waals surface area contributed by atoms with Gasteiger partial charge in [0.1, 0.15) is 0 Å². The quantitative estimate of drug-likeness (QED) is 0.426. The molecule has 0 amide bonds. The Morgan fingerprint density at radius 1 is 1.41 bits per heavy atom. The monoisotopic (exact) mass is 324 g/mol. The number of rotatable bonds is 6. The third-order valence-electron chi connectivity index (χ3n) is 3.87. The van der Waals surface area contributed by atoms with E-state index < -0.39 is 0 Å². The van der Waals surface area contributed by atoms with Gasteiger partial charge in [-0.15, -0.1) is 11.3 Å². The third kappa shape index (κ3) is 5.93. The molecule has 5 nitrogen and oxygen atoms in total. The summed E-state index contributed by atoms with van der Waals surface area (Å²) in [5, 5.41) is 19.7. The lowest BCUT2D eigenvalue weighted by molar-refractivity contribution is 0.120. The summed E-state index contributed by atoms with van der Waals surface area (Å²) in [7, 11) is 0. The smallest absolute Gasteiger partial charge is 0.191 e. The fraction of sp³-hybridized carbons (Fsp3) is 0.750. The van der Waals surface area contributed by atoms with Gasteiger partial charge in [0, 0.05) is 36.6 Å². The van der Waals surface area contributed by atoms with Crippen molar-refractivity contribution in [2.45, 2.75) is 64.5 Å². The molecule has 0 bridgehead atoms. The van der Waals surface area contributed by atoms with E-state index >= 15 is 0 Å². The van der Waals surface area contributed by atoms with Gasteiger partial charge >= 0.3 is 0 Å². The highest BCUT2D eigenvalue weighted by atomic mass is 32.1. The largest absolute Gasteiger partial charge is 0.393 e. The molecule has 6 heteroatoms. The molecular formula is C16H28N4OS.